The van der Waals surface area contributed by atoms with E-state index in [2.05, 4.69) is 71.4 Å². The minimum atomic E-state index is 0.287. The summed E-state index contributed by atoms with van der Waals surface area (Å²) in [6.45, 7) is 8.94. The van der Waals surface area contributed by atoms with Crippen molar-refractivity contribution in [3.05, 3.63) is 89.8 Å². The van der Waals surface area contributed by atoms with Crippen molar-refractivity contribution in [1.82, 2.24) is 9.88 Å². The van der Waals surface area contributed by atoms with E-state index < -0.39 is 0 Å². The Balaban J connectivity index is 1.77. The molecule has 0 radical (unpaired) electrons. The van der Waals surface area contributed by atoms with E-state index in [9.17, 15) is 0 Å². The molecule has 1 aliphatic rings. The van der Waals surface area contributed by atoms with Gasteiger partial charge < -0.3 is 15.5 Å². The number of nitrogens with zero attached hydrogens (tertiary/aromatic N) is 2. The van der Waals surface area contributed by atoms with Crippen molar-refractivity contribution in [2.24, 2.45) is 0 Å². The largest absolute Gasteiger partial charge is 0.368 e. The molecular formula is C24H29ClN4. The molecule has 1 aromatic heterocycles. The van der Waals surface area contributed by atoms with Gasteiger partial charge in [-0.05, 0) is 54.9 Å². The van der Waals surface area contributed by atoms with Gasteiger partial charge in [-0.1, -0.05) is 36.4 Å². The molecule has 5 heteroatoms. The van der Waals surface area contributed by atoms with Crippen molar-refractivity contribution >= 4 is 23.0 Å². The first kappa shape index (κ1) is 21.2. The number of allylic oxidation sites excluding steroid dienone is 3. The first-order valence-electron chi connectivity index (χ1n) is 9.85. The van der Waals surface area contributed by atoms with E-state index in [0.29, 0.717) is 12.5 Å². The normalized spacial score (nSPS) is 19.4. The second kappa shape index (κ2) is 10.3. The van der Waals surface area contributed by atoms with E-state index in [4.69, 9.17) is 11.6 Å². The zero-order valence-corrected chi connectivity index (χ0v) is 17.9. The molecule has 0 saturated carbocycles. The molecule has 2 aromatic rings. The number of nitrogens with one attached hydrogen (secondary N) is 2. The topological polar surface area (TPSA) is 40.2 Å². The molecular weight excluding hydrogens is 380 g/mol. The molecule has 0 aliphatic carbocycles. The van der Waals surface area contributed by atoms with Crippen molar-refractivity contribution < 1.29 is 0 Å². The lowest BCUT2D eigenvalue weighted by molar-refractivity contribution is 0.327. The summed E-state index contributed by atoms with van der Waals surface area (Å²) in [5.41, 5.74) is 7.08. The standard InChI is InChI=1S/C24H29ClN4/c1-18(7-10-25)13-23-19(2)15-29(3)16-24(23)20-5-4-6-22(14-20)28-17-27-21-8-11-26-12-9-21/h4-9,11-14,24,28H,2,10,15-17H2,1,3H3,(H,26,27)/b18-7-,23-13+. The summed E-state index contributed by atoms with van der Waals surface area (Å²) in [5.74, 6) is 0.811. The molecule has 0 amide bonds. The first-order chi connectivity index (χ1) is 14.1. The van der Waals surface area contributed by atoms with E-state index in [1.54, 1.807) is 12.4 Å². The summed E-state index contributed by atoms with van der Waals surface area (Å²) in [4.78, 5) is 6.37. The van der Waals surface area contributed by atoms with Crippen LogP contribution in [-0.2, 0) is 0 Å². The summed E-state index contributed by atoms with van der Waals surface area (Å²) in [7, 11) is 2.15. The Kier molecular flexibility index (Phi) is 7.50. The Morgan fingerprint density at radius 1 is 1.24 bits per heavy atom. The Morgan fingerprint density at radius 3 is 2.76 bits per heavy atom. The van der Waals surface area contributed by atoms with Gasteiger partial charge in [-0.25, -0.2) is 0 Å². The molecule has 3 rings (SSSR count). The molecule has 1 saturated heterocycles. The smallest absolute Gasteiger partial charge is 0.0849 e. The second-order valence-corrected chi connectivity index (χ2v) is 7.76. The average Bonchev–Trinajstić information content (AvgIpc) is 2.71. The Bertz CT molecular complexity index is 889. The van der Waals surface area contributed by atoms with Gasteiger partial charge >= 0.3 is 0 Å². The first-order valence-corrected chi connectivity index (χ1v) is 10.4. The SMILES string of the molecule is C=C1CN(C)CC(c2cccc(NCNc3ccncc3)c2)/C1=C/C(C)=C\CCl. The molecule has 1 fully saturated rings. The van der Waals surface area contributed by atoms with Gasteiger partial charge in [0.15, 0.2) is 0 Å². The zero-order chi connectivity index (χ0) is 20.6. The van der Waals surface area contributed by atoms with Gasteiger partial charge in [0.1, 0.15) is 0 Å². The van der Waals surface area contributed by atoms with Gasteiger partial charge in [0.25, 0.3) is 0 Å². The monoisotopic (exact) mass is 408 g/mol. The number of aromatic nitrogens is 1. The predicted octanol–water partition coefficient (Wildman–Crippen LogP) is 5.26. The number of alkyl halides is 1. The average molecular weight is 409 g/mol. The number of hydrogen-bond donors (Lipinski definition) is 2. The van der Waals surface area contributed by atoms with Crippen molar-refractivity contribution in [2.45, 2.75) is 12.8 Å². The fourth-order valence-corrected chi connectivity index (χ4v) is 3.88. The quantitative estimate of drug-likeness (QED) is 0.484. The molecule has 1 aliphatic heterocycles. The van der Waals surface area contributed by atoms with E-state index >= 15 is 0 Å². The number of pyridine rings is 1. The number of anilines is 2. The lowest BCUT2D eigenvalue weighted by Gasteiger charge is -2.34. The molecule has 4 nitrogen and oxygen atoms in total. The highest BCUT2D eigenvalue weighted by atomic mass is 35.5. The van der Waals surface area contributed by atoms with E-state index in [-0.39, 0.29) is 5.92 Å². The van der Waals surface area contributed by atoms with Crippen LogP contribution in [0.15, 0.2) is 84.2 Å². The maximum absolute atomic E-state index is 5.89. The molecule has 1 atom stereocenters. The minimum Gasteiger partial charge on any atom is -0.368 e. The van der Waals surface area contributed by atoms with E-state index in [1.807, 2.05) is 18.2 Å². The fourth-order valence-electron chi connectivity index (χ4n) is 3.64. The van der Waals surface area contributed by atoms with Crippen LogP contribution >= 0.6 is 11.6 Å². The van der Waals surface area contributed by atoms with Crippen LogP contribution in [-0.4, -0.2) is 42.6 Å². The van der Waals surface area contributed by atoms with Crippen LogP contribution in [0, 0.1) is 0 Å². The number of hydrogen-bond acceptors (Lipinski definition) is 4. The summed E-state index contributed by atoms with van der Waals surface area (Å²) in [6, 6.07) is 12.6. The molecule has 1 aromatic carbocycles. The number of likely N-dealkylation sites (tertiary alicyclic amines) is 1. The molecule has 152 valence electrons. The molecule has 29 heavy (non-hydrogen) atoms. The second-order valence-electron chi connectivity index (χ2n) is 7.45. The van der Waals surface area contributed by atoms with E-state index in [0.717, 1.165) is 24.5 Å². The lowest BCUT2D eigenvalue weighted by Crippen LogP contribution is -2.34. The maximum Gasteiger partial charge on any atom is 0.0849 e. The highest BCUT2D eigenvalue weighted by Crippen LogP contribution is 2.35. The van der Waals surface area contributed by atoms with Crippen LogP contribution in [0.2, 0.25) is 0 Å². The lowest BCUT2D eigenvalue weighted by atomic mass is 9.82. The van der Waals surface area contributed by atoms with Crippen LogP contribution in [0.3, 0.4) is 0 Å². The summed E-state index contributed by atoms with van der Waals surface area (Å²) >= 11 is 5.89. The molecule has 1 unspecified atom stereocenters. The van der Waals surface area contributed by atoms with Gasteiger partial charge in [-0.15, -0.1) is 11.6 Å². The van der Waals surface area contributed by atoms with Gasteiger partial charge in [0.2, 0.25) is 0 Å². The number of piperidine rings is 1. The third-order valence-corrected chi connectivity index (χ3v) is 5.23. The number of benzene rings is 1. The third kappa shape index (κ3) is 5.96. The van der Waals surface area contributed by atoms with Gasteiger partial charge in [0.05, 0.1) is 6.67 Å². The molecule has 2 heterocycles. The van der Waals surface area contributed by atoms with Gasteiger partial charge in [-0.2, -0.15) is 0 Å². The zero-order valence-electron chi connectivity index (χ0n) is 17.2. The Hall–Kier alpha value is -2.56. The van der Waals surface area contributed by atoms with E-state index in [1.165, 1.54) is 22.3 Å². The number of rotatable bonds is 7. The van der Waals surface area contributed by atoms with Crippen LogP contribution in [0.1, 0.15) is 18.4 Å². The van der Waals surface area contributed by atoms with Crippen molar-refractivity contribution in [3.8, 4) is 0 Å². The minimum absolute atomic E-state index is 0.287. The van der Waals surface area contributed by atoms with Crippen LogP contribution in [0.4, 0.5) is 11.4 Å². The summed E-state index contributed by atoms with van der Waals surface area (Å²) in [5, 5.41) is 6.81. The van der Waals surface area contributed by atoms with Crippen molar-refractivity contribution in [2.75, 3.05) is 43.3 Å². The van der Waals surface area contributed by atoms with Gasteiger partial charge in [0, 0.05) is 48.7 Å². The number of likely N-dealkylation sites (N-methyl/N-ethyl adjacent to an activating group) is 1. The third-order valence-electron chi connectivity index (χ3n) is 5.08. The van der Waals surface area contributed by atoms with Crippen LogP contribution in [0.5, 0.6) is 0 Å². The van der Waals surface area contributed by atoms with Gasteiger partial charge in [-0.3, -0.25) is 4.98 Å². The predicted molar refractivity (Wildman–Crippen MR) is 125 cm³/mol. The molecule has 0 spiro atoms. The van der Waals surface area contributed by atoms with Crippen molar-refractivity contribution in [1.29, 1.82) is 0 Å². The summed E-state index contributed by atoms with van der Waals surface area (Å²) < 4.78 is 0. The maximum atomic E-state index is 5.89. The Morgan fingerprint density at radius 2 is 2.00 bits per heavy atom. The van der Waals surface area contributed by atoms with Crippen LogP contribution in [0.25, 0.3) is 0 Å². The fraction of sp³-hybridized carbons (Fsp3) is 0.292. The summed E-state index contributed by atoms with van der Waals surface area (Å²) in [6.07, 6.45) is 7.85. The highest BCUT2D eigenvalue weighted by molar-refractivity contribution is 6.18. The highest BCUT2D eigenvalue weighted by Gasteiger charge is 2.26. The Labute approximate surface area is 179 Å². The van der Waals surface area contributed by atoms with Crippen LogP contribution < -0.4 is 10.6 Å². The van der Waals surface area contributed by atoms with Crippen molar-refractivity contribution in [3.63, 3.8) is 0 Å². The molecule has 0 bridgehead atoms. The molecule has 2 N–H and O–H groups in total. The number of halogens is 1.